The third-order valence-electron chi connectivity index (χ3n) is 5.57. The number of halogens is 3. The van der Waals surface area contributed by atoms with Gasteiger partial charge in [0.15, 0.2) is 11.6 Å². The van der Waals surface area contributed by atoms with Crippen molar-refractivity contribution in [2.45, 2.75) is 40.0 Å². The van der Waals surface area contributed by atoms with E-state index in [9.17, 15) is 18.3 Å². The second-order valence-corrected chi connectivity index (χ2v) is 8.07. The van der Waals surface area contributed by atoms with Gasteiger partial charge >= 0.3 is 0 Å². The molecule has 0 amide bonds. The summed E-state index contributed by atoms with van der Waals surface area (Å²) in [4.78, 5) is 0. The van der Waals surface area contributed by atoms with Crippen LogP contribution in [0.15, 0.2) is 48.5 Å². The first-order chi connectivity index (χ1) is 15.2. The second-order valence-electron chi connectivity index (χ2n) is 8.07. The molecule has 5 heteroatoms. The van der Waals surface area contributed by atoms with Gasteiger partial charge in [0.25, 0.3) is 0 Å². The van der Waals surface area contributed by atoms with Crippen molar-refractivity contribution < 1.29 is 23.0 Å². The standard InChI is InChI=1S/C14H14F2O.C13H13FO/c1-8(2)11-7-10(17-3)6-9-4-5-12(15)14(16)13(9)11;1-3-11-12(14)5-4-9-7-10(15)6-8(2)13(9)11/h4-8H,1-3H3;4-7,15H,3H2,1-2H3. The van der Waals surface area contributed by atoms with E-state index < -0.39 is 11.6 Å². The van der Waals surface area contributed by atoms with Crippen LogP contribution in [0.4, 0.5) is 13.2 Å². The number of phenols is 1. The number of fused-ring (bicyclic) bond motifs is 2. The first-order valence-electron chi connectivity index (χ1n) is 10.5. The lowest BCUT2D eigenvalue weighted by Gasteiger charge is -2.13. The van der Waals surface area contributed by atoms with Gasteiger partial charge < -0.3 is 9.84 Å². The molecular weight excluding hydrogens is 413 g/mol. The molecule has 0 spiro atoms. The highest BCUT2D eigenvalue weighted by atomic mass is 19.2. The Balaban J connectivity index is 0.000000182. The Morgan fingerprint density at radius 3 is 2.09 bits per heavy atom. The maximum Gasteiger partial charge on any atom is 0.166 e. The summed E-state index contributed by atoms with van der Waals surface area (Å²) in [6, 6.07) is 12.7. The SMILES string of the molecule is CCc1c(F)ccc2cc(O)cc(C)c12.COc1cc(C(C)C)c2c(F)c(F)ccc2c1. The minimum Gasteiger partial charge on any atom is -0.508 e. The Kier molecular flexibility index (Phi) is 6.97. The number of hydrogen-bond donors (Lipinski definition) is 1. The van der Waals surface area contributed by atoms with Crippen molar-refractivity contribution in [1.82, 2.24) is 0 Å². The summed E-state index contributed by atoms with van der Waals surface area (Å²) in [6.07, 6.45) is 0.661. The number of methoxy groups -OCH3 is 1. The fourth-order valence-corrected chi connectivity index (χ4v) is 4.04. The van der Waals surface area contributed by atoms with E-state index in [-0.39, 0.29) is 17.5 Å². The van der Waals surface area contributed by atoms with Gasteiger partial charge in [-0.15, -0.1) is 0 Å². The molecule has 0 atom stereocenters. The van der Waals surface area contributed by atoms with Crippen LogP contribution in [0.5, 0.6) is 11.5 Å². The van der Waals surface area contributed by atoms with Crippen molar-refractivity contribution in [3.63, 3.8) is 0 Å². The maximum absolute atomic E-state index is 13.8. The average Bonchev–Trinajstić information content (AvgIpc) is 2.76. The molecule has 0 aliphatic rings. The van der Waals surface area contributed by atoms with Crippen LogP contribution in [-0.4, -0.2) is 12.2 Å². The van der Waals surface area contributed by atoms with Crippen LogP contribution in [0.25, 0.3) is 21.5 Å². The molecule has 0 fully saturated rings. The van der Waals surface area contributed by atoms with Crippen LogP contribution in [-0.2, 0) is 6.42 Å². The minimum atomic E-state index is -0.815. The molecule has 0 unspecified atom stereocenters. The lowest BCUT2D eigenvalue weighted by atomic mass is 9.95. The zero-order valence-corrected chi connectivity index (χ0v) is 18.9. The van der Waals surface area contributed by atoms with Gasteiger partial charge in [-0.25, -0.2) is 13.2 Å². The highest BCUT2D eigenvalue weighted by molar-refractivity contribution is 5.90. The average molecular weight is 441 g/mol. The molecule has 0 saturated heterocycles. The number of rotatable bonds is 3. The summed E-state index contributed by atoms with van der Waals surface area (Å²) in [7, 11) is 1.56. The maximum atomic E-state index is 13.8. The molecule has 4 rings (SSSR count). The van der Waals surface area contributed by atoms with E-state index in [2.05, 4.69) is 0 Å². The van der Waals surface area contributed by atoms with Crippen molar-refractivity contribution in [2.24, 2.45) is 0 Å². The van der Waals surface area contributed by atoms with Gasteiger partial charge in [0.05, 0.1) is 7.11 Å². The molecule has 4 aromatic rings. The molecule has 0 aromatic heterocycles. The van der Waals surface area contributed by atoms with Gasteiger partial charge in [0.1, 0.15) is 17.3 Å². The van der Waals surface area contributed by atoms with Crippen LogP contribution in [0.2, 0.25) is 0 Å². The molecule has 168 valence electrons. The minimum absolute atomic E-state index is 0.101. The van der Waals surface area contributed by atoms with Gasteiger partial charge in [-0.3, -0.25) is 0 Å². The molecule has 32 heavy (non-hydrogen) atoms. The molecule has 1 N–H and O–H groups in total. The Labute approximate surface area is 186 Å². The van der Waals surface area contributed by atoms with Crippen molar-refractivity contribution >= 4 is 21.5 Å². The third-order valence-corrected chi connectivity index (χ3v) is 5.57. The Hall–Kier alpha value is -3.21. The molecule has 0 heterocycles. The summed E-state index contributed by atoms with van der Waals surface area (Å²) in [5.41, 5.74) is 2.41. The smallest absolute Gasteiger partial charge is 0.166 e. The Morgan fingerprint density at radius 2 is 1.50 bits per heavy atom. The zero-order chi connectivity index (χ0) is 23.6. The monoisotopic (exact) mass is 440 g/mol. The van der Waals surface area contributed by atoms with E-state index in [1.165, 1.54) is 6.07 Å². The van der Waals surface area contributed by atoms with E-state index in [0.717, 1.165) is 33.5 Å². The summed E-state index contributed by atoms with van der Waals surface area (Å²) in [6.45, 7) is 7.71. The van der Waals surface area contributed by atoms with E-state index in [0.29, 0.717) is 22.9 Å². The number of aryl methyl sites for hydroxylation is 2. The van der Waals surface area contributed by atoms with Gasteiger partial charge in [0.2, 0.25) is 0 Å². The van der Waals surface area contributed by atoms with E-state index in [1.807, 2.05) is 27.7 Å². The van der Waals surface area contributed by atoms with Crippen molar-refractivity contribution in [3.8, 4) is 11.5 Å². The third kappa shape index (κ3) is 4.52. The number of benzene rings is 4. The van der Waals surface area contributed by atoms with Gasteiger partial charge in [-0.05, 0) is 88.5 Å². The topological polar surface area (TPSA) is 29.5 Å². The number of hydrogen-bond acceptors (Lipinski definition) is 2. The Bertz CT molecular complexity index is 1280. The summed E-state index contributed by atoms with van der Waals surface area (Å²) < 4.78 is 45.8. The summed E-state index contributed by atoms with van der Waals surface area (Å²) >= 11 is 0. The number of phenolic OH excluding ortho intramolecular Hbond substituents is 1. The van der Waals surface area contributed by atoms with Crippen LogP contribution >= 0.6 is 0 Å². The van der Waals surface area contributed by atoms with E-state index in [1.54, 1.807) is 43.5 Å². The van der Waals surface area contributed by atoms with Crippen LogP contribution in [0.1, 0.15) is 43.4 Å². The predicted octanol–water partition coefficient (Wildman–Crippen LogP) is 7.81. The Morgan fingerprint density at radius 1 is 0.875 bits per heavy atom. The van der Waals surface area contributed by atoms with Crippen molar-refractivity contribution in [1.29, 1.82) is 0 Å². The van der Waals surface area contributed by atoms with Crippen molar-refractivity contribution in [3.05, 3.63) is 82.7 Å². The zero-order valence-electron chi connectivity index (χ0n) is 18.9. The predicted molar refractivity (Wildman–Crippen MR) is 124 cm³/mol. The van der Waals surface area contributed by atoms with Crippen LogP contribution in [0, 0.1) is 24.4 Å². The lowest BCUT2D eigenvalue weighted by molar-refractivity contribution is 0.414. The molecule has 4 aromatic carbocycles. The molecule has 0 bridgehead atoms. The normalized spacial score (nSPS) is 11.0. The molecule has 0 aliphatic heterocycles. The first-order valence-corrected chi connectivity index (χ1v) is 10.5. The highest BCUT2D eigenvalue weighted by Gasteiger charge is 2.15. The van der Waals surface area contributed by atoms with Gasteiger partial charge in [-0.2, -0.15) is 0 Å². The van der Waals surface area contributed by atoms with Gasteiger partial charge in [0, 0.05) is 5.39 Å². The van der Waals surface area contributed by atoms with E-state index in [4.69, 9.17) is 4.74 Å². The molecular formula is C27H27F3O2. The largest absolute Gasteiger partial charge is 0.508 e. The fraction of sp³-hybridized carbons (Fsp3) is 0.259. The quantitative estimate of drug-likeness (QED) is 0.352. The summed E-state index contributed by atoms with van der Waals surface area (Å²) in [5, 5.41) is 12.3. The molecule has 0 radical (unpaired) electrons. The van der Waals surface area contributed by atoms with Gasteiger partial charge in [-0.1, -0.05) is 32.9 Å². The molecule has 2 nitrogen and oxygen atoms in total. The second kappa shape index (κ2) is 9.51. The molecule has 0 aliphatic carbocycles. The lowest BCUT2D eigenvalue weighted by Crippen LogP contribution is -1.96. The van der Waals surface area contributed by atoms with Crippen LogP contribution < -0.4 is 4.74 Å². The van der Waals surface area contributed by atoms with Crippen LogP contribution in [0.3, 0.4) is 0 Å². The van der Waals surface area contributed by atoms with E-state index >= 15 is 0 Å². The fourth-order valence-electron chi connectivity index (χ4n) is 4.04. The van der Waals surface area contributed by atoms with Crippen molar-refractivity contribution in [2.75, 3.05) is 7.11 Å². The number of ether oxygens (including phenoxy) is 1. The highest BCUT2D eigenvalue weighted by Crippen LogP contribution is 2.33. The first kappa shape index (κ1) is 23.5. The summed E-state index contributed by atoms with van der Waals surface area (Å²) in [5.74, 6) is -0.776. The number of aromatic hydroxyl groups is 1. The molecule has 0 saturated carbocycles.